The summed E-state index contributed by atoms with van der Waals surface area (Å²) in [6.07, 6.45) is 1.32. The van der Waals surface area contributed by atoms with Crippen LogP contribution in [0.5, 0.6) is 0 Å². The minimum atomic E-state index is -0.353. The van der Waals surface area contributed by atoms with Crippen LogP contribution in [0.2, 0.25) is 0 Å². The van der Waals surface area contributed by atoms with Crippen LogP contribution in [0.1, 0.15) is 12.8 Å². The molecule has 0 radical (unpaired) electrons. The monoisotopic (exact) mass is 401 g/mol. The van der Waals surface area contributed by atoms with Gasteiger partial charge in [-0.1, -0.05) is 60.7 Å². The number of amides is 1. The Bertz CT molecular complexity index is 1040. The van der Waals surface area contributed by atoms with E-state index in [2.05, 4.69) is 5.32 Å². The molecule has 1 aliphatic heterocycles. The van der Waals surface area contributed by atoms with E-state index in [1.807, 2.05) is 65.6 Å². The van der Waals surface area contributed by atoms with Crippen molar-refractivity contribution in [3.8, 4) is 11.1 Å². The highest BCUT2D eigenvalue weighted by atomic mass is 16.6. The van der Waals surface area contributed by atoms with Gasteiger partial charge in [-0.15, -0.1) is 0 Å². The number of hydrogen-bond donors (Lipinski definition) is 1. The Hall–Kier alpha value is -3.67. The fraction of sp³-hybridized carbons (Fsp3) is 0.208. The van der Waals surface area contributed by atoms with Crippen LogP contribution in [0.15, 0.2) is 78.9 Å². The number of rotatable bonds is 5. The first-order valence-corrected chi connectivity index (χ1v) is 10.1. The number of nitrogens with one attached hydrogen (secondary N) is 1. The van der Waals surface area contributed by atoms with Crippen molar-refractivity contribution in [1.29, 1.82) is 0 Å². The smallest absolute Gasteiger partial charge is 0.292 e. The third-order valence-corrected chi connectivity index (χ3v) is 5.55. The summed E-state index contributed by atoms with van der Waals surface area (Å²) in [7, 11) is 0. The number of carbonyl (C=O) groups excluding carboxylic acids is 1. The number of nitro groups is 1. The van der Waals surface area contributed by atoms with E-state index in [-0.39, 0.29) is 22.4 Å². The molecule has 0 saturated carbocycles. The van der Waals surface area contributed by atoms with Gasteiger partial charge >= 0.3 is 0 Å². The molecule has 0 aromatic heterocycles. The molecule has 0 bridgehead atoms. The minimum absolute atomic E-state index is 0.000549. The van der Waals surface area contributed by atoms with Crippen molar-refractivity contribution < 1.29 is 9.72 Å². The molecule has 1 heterocycles. The number of benzene rings is 3. The van der Waals surface area contributed by atoms with Crippen molar-refractivity contribution in [2.75, 3.05) is 23.3 Å². The van der Waals surface area contributed by atoms with Crippen LogP contribution in [0.3, 0.4) is 0 Å². The highest BCUT2D eigenvalue weighted by Crippen LogP contribution is 2.32. The third kappa shape index (κ3) is 4.17. The number of nitro benzene ring substituents is 1. The Kier molecular flexibility index (Phi) is 5.75. The molecule has 1 saturated heterocycles. The fourth-order valence-electron chi connectivity index (χ4n) is 3.96. The van der Waals surface area contributed by atoms with Gasteiger partial charge in [0.1, 0.15) is 5.69 Å². The second-order valence-electron chi connectivity index (χ2n) is 7.41. The number of piperidine rings is 1. The minimum Gasteiger partial charge on any atom is -0.366 e. The average Bonchev–Trinajstić information content (AvgIpc) is 2.80. The van der Waals surface area contributed by atoms with E-state index in [0.29, 0.717) is 31.6 Å². The molecule has 0 spiro atoms. The molecular formula is C24H23N3O3. The normalized spacial score (nSPS) is 14.3. The van der Waals surface area contributed by atoms with Crippen LogP contribution in [0, 0.1) is 16.0 Å². The van der Waals surface area contributed by atoms with Crippen LogP contribution in [0.4, 0.5) is 17.1 Å². The van der Waals surface area contributed by atoms with E-state index < -0.39 is 0 Å². The van der Waals surface area contributed by atoms with Crippen LogP contribution in [-0.4, -0.2) is 23.9 Å². The lowest BCUT2D eigenvalue weighted by Crippen LogP contribution is -2.38. The van der Waals surface area contributed by atoms with Gasteiger partial charge in [-0.25, -0.2) is 0 Å². The Morgan fingerprint density at radius 2 is 1.53 bits per heavy atom. The highest BCUT2D eigenvalue weighted by Gasteiger charge is 2.28. The van der Waals surface area contributed by atoms with Crippen molar-refractivity contribution in [2.24, 2.45) is 5.92 Å². The number of anilines is 2. The fourth-order valence-corrected chi connectivity index (χ4v) is 3.96. The second kappa shape index (κ2) is 8.78. The molecule has 152 valence electrons. The second-order valence-corrected chi connectivity index (χ2v) is 7.41. The standard InChI is InChI=1S/C24H23N3O3/c28-24(25-21-11-5-4-10-20(21)18-8-2-1-3-9-18)19-14-16-26(17-15-19)22-12-6-7-13-23(22)27(29)30/h1-13,19H,14-17H2,(H,25,28). The highest BCUT2D eigenvalue weighted by molar-refractivity contribution is 5.97. The zero-order chi connectivity index (χ0) is 20.9. The zero-order valence-electron chi connectivity index (χ0n) is 16.5. The van der Waals surface area contributed by atoms with Crippen molar-refractivity contribution in [3.05, 3.63) is 89.0 Å². The summed E-state index contributed by atoms with van der Waals surface area (Å²) in [4.78, 5) is 25.9. The molecule has 4 rings (SSSR count). The number of hydrogen-bond acceptors (Lipinski definition) is 4. The lowest BCUT2D eigenvalue weighted by Gasteiger charge is -2.32. The van der Waals surface area contributed by atoms with E-state index in [1.54, 1.807) is 12.1 Å². The largest absolute Gasteiger partial charge is 0.366 e. The zero-order valence-corrected chi connectivity index (χ0v) is 16.5. The lowest BCUT2D eigenvalue weighted by atomic mass is 9.94. The molecule has 30 heavy (non-hydrogen) atoms. The van der Waals surface area contributed by atoms with Gasteiger partial charge in [0.2, 0.25) is 5.91 Å². The first-order chi connectivity index (χ1) is 14.6. The van der Waals surface area contributed by atoms with Crippen LogP contribution < -0.4 is 10.2 Å². The van der Waals surface area contributed by atoms with Gasteiger partial charge in [0.05, 0.1) is 4.92 Å². The van der Waals surface area contributed by atoms with Crippen molar-refractivity contribution in [1.82, 2.24) is 0 Å². The predicted octanol–water partition coefficient (Wildman–Crippen LogP) is 5.12. The van der Waals surface area contributed by atoms with Gasteiger partial charge in [0.15, 0.2) is 0 Å². The van der Waals surface area contributed by atoms with Crippen LogP contribution in [-0.2, 0) is 4.79 Å². The van der Waals surface area contributed by atoms with Crippen molar-refractivity contribution in [3.63, 3.8) is 0 Å². The Labute approximate surface area is 175 Å². The SMILES string of the molecule is O=C(Nc1ccccc1-c1ccccc1)C1CCN(c2ccccc2[N+](=O)[O-])CC1. The molecule has 1 amide bonds. The van der Waals surface area contributed by atoms with Gasteiger partial charge in [0.25, 0.3) is 5.69 Å². The molecule has 6 nitrogen and oxygen atoms in total. The molecule has 1 N–H and O–H groups in total. The first kappa shape index (κ1) is 19.6. The third-order valence-electron chi connectivity index (χ3n) is 5.55. The summed E-state index contributed by atoms with van der Waals surface area (Å²) in [5, 5.41) is 14.4. The summed E-state index contributed by atoms with van der Waals surface area (Å²) >= 11 is 0. The van der Waals surface area contributed by atoms with E-state index in [4.69, 9.17) is 0 Å². The topological polar surface area (TPSA) is 75.5 Å². The molecular weight excluding hydrogens is 378 g/mol. The summed E-state index contributed by atoms with van der Waals surface area (Å²) in [6, 6.07) is 24.5. The van der Waals surface area contributed by atoms with E-state index >= 15 is 0 Å². The molecule has 3 aromatic carbocycles. The van der Waals surface area contributed by atoms with Gasteiger partial charge in [-0.05, 0) is 30.5 Å². The van der Waals surface area contributed by atoms with Gasteiger partial charge in [-0.3, -0.25) is 14.9 Å². The quantitative estimate of drug-likeness (QED) is 0.476. The van der Waals surface area contributed by atoms with Gasteiger partial charge in [0, 0.05) is 36.3 Å². The summed E-state index contributed by atoms with van der Waals surface area (Å²) in [6.45, 7) is 1.23. The Morgan fingerprint density at radius 1 is 0.900 bits per heavy atom. The average molecular weight is 401 g/mol. The van der Waals surface area contributed by atoms with Crippen molar-refractivity contribution >= 4 is 23.0 Å². The number of para-hydroxylation sites is 3. The van der Waals surface area contributed by atoms with E-state index in [0.717, 1.165) is 16.8 Å². The van der Waals surface area contributed by atoms with Gasteiger partial charge in [-0.2, -0.15) is 0 Å². The molecule has 0 atom stereocenters. The van der Waals surface area contributed by atoms with E-state index in [1.165, 1.54) is 6.07 Å². The van der Waals surface area contributed by atoms with Crippen LogP contribution >= 0.6 is 0 Å². The maximum atomic E-state index is 12.9. The van der Waals surface area contributed by atoms with Crippen molar-refractivity contribution in [2.45, 2.75) is 12.8 Å². The Morgan fingerprint density at radius 3 is 2.27 bits per heavy atom. The molecule has 1 aliphatic rings. The Balaban J connectivity index is 1.44. The maximum Gasteiger partial charge on any atom is 0.292 e. The molecule has 3 aromatic rings. The molecule has 6 heteroatoms. The molecule has 0 unspecified atom stereocenters. The summed E-state index contributed by atoms with van der Waals surface area (Å²) in [5.74, 6) is -0.117. The number of nitrogens with zero attached hydrogens (tertiary/aromatic N) is 2. The maximum absolute atomic E-state index is 12.9. The molecule has 0 aliphatic carbocycles. The summed E-state index contributed by atoms with van der Waals surface area (Å²) in [5.41, 5.74) is 3.58. The van der Waals surface area contributed by atoms with Crippen LogP contribution in [0.25, 0.3) is 11.1 Å². The lowest BCUT2D eigenvalue weighted by molar-refractivity contribution is -0.384. The van der Waals surface area contributed by atoms with Gasteiger partial charge < -0.3 is 10.2 Å². The molecule has 1 fully saturated rings. The first-order valence-electron chi connectivity index (χ1n) is 10.1. The number of carbonyl (C=O) groups is 1. The predicted molar refractivity (Wildman–Crippen MR) is 119 cm³/mol. The summed E-state index contributed by atoms with van der Waals surface area (Å²) < 4.78 is 0. The van der Waals surface area contributed by atoms with E-state index in [9.17, 15) is 14.9 Å².